The molecule has 3 heteroatoms. The zero-order chi connectivity index (χ0) is 11.0. The number of hydrogen-bond acceptors (Lipinski definition) is 2. The van der Waals surface area contributed by atoms with E-state index in [2.05, 4.69) is 5.32 Å². The van der Waals surface area contributed by atoms with Gasteiger partial charge in [0.15, 0.2) is 0 Å². The Morgan fingerprint density at radius 3 is 3.12 bits per heavy atom. The van der Waals surface area contributed by atoms with Crippen LogP contribution < -0.4 is 5.32 Å². The minimum Gasteiger partial charge on any atom is -0.464 e. The van der Waals surface area contributed by atoms with Crippen LogP contribution in [-0.2, 0) is 6.42 Å². The van der Waals surface area contributed by atoms with Crippen LogP contribution in [0.5, 0.6) is 0 Å². The normalized spacial score (nSPS) is 20.7. The summed E-state index contributed by atoms with van der Waals surface area (Å²) in [6.45, 7) is 1.05. The Balaban J connectivity index is 1.99. The van der Waals surface area contributed by atoms with E-state index < -0.39 is 0 Å². The third kappa shape index (κ3) is 1.61. The van der Waals surface area contributed by atoms with Gasteiger partial charge in [-0.1, -0.05) is 0 Å². The average Bonchev–Trinajstić information content (AvgIpc) is 2.92. The molecule has 0 saturated carbocycles. The maximum absolute atomic E-state index is 13.8. The van der Waals surface area contributed by atoms with Gasteiger partial charge in [-0.25, -0.2) is 4.39 Å². The molecule has 84 valence electrons. The maximum Gasteiger partial charge on any atom is 0.134 e. The summed E-state index contributed by atoms with van der Waals surface area (Å²) in [5.41, 5.74) is 1.56. The van der Waals surface area contributed by atoms with Crippen molar-refractivity contribution in [3.8, 4) is 0 Å². The number of nitrogens with one attached hydrogen (secondary N) is 1. The van der Waals surface area contributed by atoms with E-state index in [1.165, 1.54) is 12.5 Å². The molecular weight excluding hydrogens is 205 g/mol. The van der Waals surface area contributed by atoms with E-state index in [0.717, 1.165) is 35.9 Å². The lowest BCUT2D eigenvalue weighted by atomic mass is 10.0. The van der Waals surface area contributed by atoms with Gasteiger partial charge >= 0.3 is 0 Å². The Kier molecular flexibility index (Phi) is 2.40. The first-order valence-corrected chi connectivity index (χ1v) is 5.72. The van der Waals surface area contributed by atoms with Gasteiger partial charge in [0.05, 0.1) is 6.26 Å². The molecule has 1 saturated heterocycles. The van der Waals surface area contributed by atoms with E-state index in [1.54, 1.807) is 12.3 Å². The minimum absolute atomic E-state index is 0.123. The lowest BCUT2D eigenvalue weighted by Gasteiger charge is -2.11. The summed E-state index contributed by atoms with van der Waals surface area (Å²) in [5.74, 6) is -0.123. The predicted molar refractivity (Wildman–Crippen MR) is 60.9 cm³/mol. The lowest BCUT2D eigenvalue weighted by Crippen LogP contribution is -2.24. The van der Waals surface area contributed by atoms with Crippen molar-refractivity contribution < 1.29 is 8.81 Å². The first-order valence-electron chi connectivity index (χ1n) is 5.72. The summed E-state index contributed by atoms with van der Waals surface area (Å²) in [6.07, 6.45) is 4.69. The van der Waals surface area contributed by atoms with Crippen LogP contribution in [0, 0.1) is 5.82 Å². The van der Waals surface area contributed by atoms with Crippen LogP contribution in [0.4, 0.5) is 4.39 Å². The summed E-state index contributed by atoms with van der Waals surface area (Å²) >= 11 is 0. The highest BCUT2D eigenvalue weighted by atomic mass is 19.1. The molecule has 3 rings (SSSR count). The Morgan fingerprint density at radius 2 is 2.31 bits per heavy atom. The second-order valence-corrected chi connectivity index (χ2v) is 4.36. The van der Waals surface area contributed by atoms with Gasteiger partial charge in [-0.15, -0.1) is 0 Å². The third-order valence-corrected chi connectivity index (χ3v) is 3.30. The largest absolute Gasteiger partial charge is 0.464 e. The monoisotopic (exact) mass is 219 g/mol. The van der Waals surface area contributed by atoms with Crippen molar-refractivity contribution in [1.29, 1.82) is 0 Å². The van der Waals surface area contributed by atoms with E-state index in [-0.39, 0.29) is 5.82 Å². The Morgan fingerprint density at radius 1 is 1.38 bits per heavy atom. The molecule has 2 heterocycles. The molecule has 2 aromatic rings. The van der Waals surface area contributed by atoms with E-state index >= 15 is 0 Å². The van der Waals surface area contributed by atoms with Crippen molar-refractivity contribution >= 4 is 11.0 Å². The van der Waals surface area contributed by atoms with Crippen LogP contribution in [-0.4, -0.2) is 12.6 Å². The molecule has 0 aliphatic carbocycles. The quantitative estimate of drug-likeness (QED) is 0.840. The first-order chi connectivity index (χ1) is 7.84. The molecule has 0 bridgehead atoms. The number of hydrogen-bond donors (Lipinski definition) is 1. The summed E-state index contributed by atoms with van der Waals surface area (Å²) < 4.78 is 19.1. The SMILES string of the molecule is Fc1ccc2occc2c1CC1CCCN1. The zero-order valence-corrected chi connectivity index (χ0v) is 9.00. The lowest BCUT2D eigenvalue weighted by molar-refractivity contribution is 0.562. The van der Waals surface area contributed by atoms with Crippen LogP contribution in [0.25, 0.3) is 11.0 Å². The van der Waals surface area contributed by atoms with Crippen LogP contribution in [0.2, 0.25) is 0 Å². The fraction of sp³-hybridized carbons (Fsp3) is 0.385. The van der Waals surface area contributed by atoms with Gasteiger partial charge in [0.2, 0.25) is 0 Å². The van der Waals surface area contributed by atoms with E-state index in [1.807, 2.05) is 6.07 Å². The fourth-order valence-electron chi connectivity index (χ4n) is 2.46. The van der Waals surface area contributed by atoms with Gasteiger partial charge in [-0.05, 0) is 44.0 Å². The molecule has 1 unspecified atom stereocenters. The van der Waals surface area contributed by atoms with Gasteiger partial charge in [0.1, 0.15) is 11.4 Å². The number of halogens is 1. The van der Waals surface area contributed by atoms with Crippen molar-refractivity contribution in [3.05, 3.63) is 35.8 Å². The molecule has 1 aromatic carbocycles. The molecule has 2 nitrogen and oxygen atoms in total. The standard InChI is InChI=1S/C13H14FNO/c14-12-3-4-13-10(5-7-16-13)11(12)8-9-2-1-6-15-9/h3-5,7,9,15H,1-2,6,8H2. The number of benzene rings is 1. The molecular formula is C13H14FNO. The zero-order valence-electron chi connectivity index (χ0n) is 9.00. The molecule has 1 fully saturated rings. The van der Waals surface area contributed by atoms with Crippen molar-refractivity contribution in [2.24, 2.45) is 0 Å². The van der Waals surface area contributed by atoms with Gasteiger partial charge < -0.3 is 9.73 Å². The first kappa shape index (κ1) is 9.85. The van der Waals surface area contributed by atoms with Crippen LogP contribution >= 0.6 is 0 Å². The average molecular weight is 219 g/mol. The van der Waals surface area contributed by atoms with Gasteiger partial charge in [-0.3, -0.25) is 0 Å². The van der Waals surface area contributed by atoms with Crippen LogP contribution in [0.1, 0.15) is 18.4 Å². The van der Waals surface area contributed by atoms with E-state index in [0.29, 0.717) is 6.04 Å². The Hall–Kier alpha value is -1.35. The van der Waals surface area contributed by atoms with Gasteiger partial charge in [0.25, 0.3) is 0 Å². The number of rotatable bonds is 2. The Bertz CT molecular complexity index is 500. The predicted octanol–water partition coefficient (Wildman–Crippen LogP) is 2.87. The van der Waals surface area contributed by atoms with Gasteiger partial charge in [0, 0.05) is 17.0 Å². The third-order valence-electron chi connectivity index (χ3n) is 3.30. The Labute approximate surface area is 93.4 Å². The molecule has 1 atom stereocenters. The smallest absolute Gasteiger partial charge is 0.134 e. The fourth-order valence-corrected chi connectivity index (χ4v) is 2.46. The molecule has 0 spiro atoms. The highest BCUT2D eigenvalue weighted by Gasteiger charge is 2.18. The molecule has 0 amide bonds. The molecule has 1 aliphatic heterocycles. The summed E-state index contributed by atoms with van der Waals surface area (Å²) in [4.78, 5) is 0. The second-order valence-electron chi connectivity index (χ2n) is 4.36. The molecule has 1 N–H and O–H groups in total. The molecule has 1 aromatic heterocycles. The van der Waals surface area contributed by atoms with E-state index in [4.69, 9.17) is 4.42 Å². The molecule has 0 radical (unpaired) electrons. The van der Waals surface area contributed by atoms with Crippen molar-refractivity contribution in [1.82, 2.24) is 5.32 Å². The van der Waals surface area contributed by atoms with Crippen molar-refractivity contribution in [2.45, 2.75) is 25.3 Å². The minimum atomic E-state index is -0.123. The molecule has 1 aliphatic rings. The van der Waals surface area contributed by atoms with E-state index in [9.17, 15) is 4.39 Å². The van der Waals surface area contributed by atoms with Crippen molar-refractivity contribution in [2.75, 3.05) is 6.54 Å². The van der Waals surface area contributed by atoms with Crippen molar-refractivity contribution in [3.63, 3.8) is 0 Å². The molecule has 16 heavy (non-hydrogen) atoms. The topological polar surface area (TPSA) is 25.2 Å². The highest BCUT2D eigenvalue weighted by Crippen LogP contribution is 2.25. The van der Waals surface area contributed by atoms with Crippen LogP contribution in [0.15, 0.2) is 28.9 Å². The number of fused-ring (bicyclic) bond motifs is 1. The van der Waals surface area contributed by atoms with Gasteiger partial charge in [-0.2, -0.15) is 0 Å². The summed E-state index contributed by atoms with van der Waals surface area (Å²) in [7, 11) is 0. The summed E-state index contributed by atoms with van der Waals surface area (Å²) in [5, 5.41) is 4.30. The second kappa shape index (κ2) is 3.91. The van der Waals surface area contributed by atoms with Crippen LogP contribution in [0.3, 0.4) is 0 Å². The number of furan rings is 1. The maximum atomic E-state index is 13.8. The summed E-state index contributed by atoms with van der Waals surface area (Å²) in [6, 6.07) is 5.45. The highest BCUT2D eigenvalue weighted by molar-refractivity contribution is 5.81.